The van der Waals surface area contributed by atoms with E-state index in [1.54, 1.807) is 22.6 Å². The van der Waals surface area contributed by atoms with E-state index in [0.29, 0.717) is 6.29 Å². The van der Waals surface area contributed by atoms with Crippen LogP contribution in [0.5, 0.6) is 11.6 Å². The summed E-state index contributed by atoms with van der Waals surface area (Å²) in [7, 11) is 1.15. The fourth-order valence-corrected chi connectivity index (χ4v) is 1.51. The zero-order valence-corrected chi connectivity index (χ0v) is 10.00. The molecule has 4 nitrogen and oxygen atoms in total. The third kappa shape index (κ3) is 2.97. The maximum Gasteiger partial charge on any atom is 0.573 e. The van der Waals surface area contributed by atoms with Crippen molar-refractivity contribution in [2.45, 2.75) is 6.36 Å². The van der Waals surface area contributed by atoms with Crippen molar-refractivity contribution in [1.82, 2.24) is 4.98 Å². The van der Waals surface area contributed by atoms with Crippen LogP contribution in [-0.2, 0) is 0 Å². The molecule has 0 aliphatic rings. The minimum absolute atomic E-state index is 0.000602. The van der Waals surface area contributed by atoms with Gasteiger partial charge in [0, 0.05) is 6.20 Å². The lowest BCUT2D eigenvalue weighted by Crippen LogP contribution is -2.19. The average molecular weight is 347 g/mol. The summed E-state index contributed by atoms with van der Waals surface area (Å²) >= 11 is 1.55. The van der Waals surface area contributed by atoms with E-state index in [-0.39, 0.29) is 15.0 Å². The maximum absolute atomic E-state index is 12.1. The van der Waals surface area contributed by atoms with Gasteiger partial charge in [0.15, 0.2) is 6.29 Å². The van der Waals surface area contributed by atoms with E-state index < -0.39 is 12.1 Å². The SMILES string of the molecule is COc1ncc(C=O)c(I)c1OC(F)(F)F. The van der Waals surface area contributed by atoms with Crippen LogP contribution in [0.15, 0.2) is 6.20 Å². The van der Waals surface area contributed by atoms with Gasteiger partial charge in [0.1, 0.15) is 0 Å². The number of ether oxygens (including phenoxy) is 2. The van der Waals surface area contributed by atoms with Gasteiger partial charge in [-0.15, -0.1) is 13.2 Å². The van der Waals surface area contributed by atoms with Gasteiger partial charge < -0.3 is 9.47 Å². The molecule has 0 unspecified atom stereocenters. The van der Waals surface area contributed by atoms with E-state index in [1.165, 1.54) is 0 Å². The van der Waals surface area contributed by atoms with Gasteiger partial charge in [-0.05, 0) is 22.6 Å². The highest BCUT2D eigenvalue weighted by Gasteiger charge is 2.34. The predicted octanol–water partition coefficient (Wildman–Crippen LogP) is 2.41. The predicted molar refractivity (Wildman–Crippen MR) is 55.6 cm³/mol. The van der Waals surface area contributed by atoms with Gasteiger partial charge in [0.25, 0.3) is 5.88 Å². The Labute approximate surface area is 102 Å². The monoisotopic (exact) mass is 347 g/mol. The standard InChI is InChI=1S/C8H5F3INO3/c1-15-7-6(16-8(9,10)11)5(12)4(3-14)2-13-7/h2-3H,1H3. The summed E-state index contributed by atoms with van der Waals surface area (Å²) in [5.41, 5.74) is 0.000602. The number of rotatable bonds is 3. The Balaban J connectivity index is 3.26. The van der Waals surface area contributed by atoms with E-state index in [1.807, 2.05) is 0 Å². The van der Waals surface area contributed by atoms with Gasteiger partial charge in [0.2, 0.25) is 5.75 Å². The van der Waals surface area contributed by atoms with Crippen LogP contribution in [-0.4, -0.2) is 24.7 Å². The summed E-state index contributed by atoms with van der Waals surface area (Å²) in [5.74, 6) is -0.937. The van der Waals surface area contributed by atoms with Crippen LogP contribution in [0.25, 0.3) is 0 Å². The Morgan fingerprint density at radius 1 is 1.50 bits per heavy atom. The van der Waals surface area contributed by atoms with Crippen molar-refractivity contribution in [2.24, 2.45) is 0 Å². The molecule has 0 aliphatic heterocycles. The molecule has 88 valence electrons. The van der Waals surface area contributed by atoms with Crippen molar-refractivity contribution >= 4 is 28.9 Å². The number of methoxy groups -OCH3 is 1. The molecule has 0 amide bonds. The van der Waals surface area contributed by atoms with Gasteiger partial charge in [-0.2, -0.15) is 0 Å². The largest absolute Gasteiger partial charge is 0.573 e. The van der Waals surface area contributed by atoms with Crippen LogP contribution in [0.3, 0.4) is 0 Å². The molecule has 0 atom stereocenters. The molecule has 1 heterocycles. The topological polar surface area (TPSA) is 48.4 Å². The summed E-state index contributed by atoms with van der Waals surface area (Å²) in [5, 5.41) is 0. The first-order valence-corrected chi connectivity index (χ1v) is 4.90. The molecule has 0 fully saturated rings. The molecule has 16 heavy (non-hydrogen) atoms. The third-order valence-corrected chi connectivity index (χ3v) is 2.62. The van der Waals surface area contributed by atoms with E-state index in [2.05, 4.69) is 14.5 Å². The molecule has 1 aromatic rings. The smallest absolute Gasteiger partial charge is 0.478 e. The Bertz CT molecular complexity index is 408. The minimum Gasteiger partial charge on any atom is -0.478 e. The number of hydrogen-bond donors (Lipinski definition) is 0. The lowest BCUT2D eigenvalue weighted by atomic mass is 10.3. The number of alkyl halides is 3. The molecule has 1 rings (SSSR count). The first-order valence-electron chi connectivity index (χ1n) is 3.82. The highest BCUT2D eigenvalue weighted by Crippen LogP contribution is 2.35. The Morgan fingerprint density at radius 3 is 2.56 bits per heavy atom. The quantitative estimate of drug-likeness (QED) is 0.623. The molecule has 0 N–H and O–H groups in total. The van der Waals surface area contributed by atoms with Crippen LogP contribution in [0.1, 0.15) is 10.4 Å². The Morgan fingerprint density at radius 2 is 2.12 bits per heavy atom. The van der Waals surface area contributed by atoms with Gasteiger partial charge in [-0.25, -0.2) is 4.98 Å². The second-order valence-corrected chi connectivity index (χ2v) is 3.61. The number of carbonyl (C=O) groups excluding carboxylic acids is 1. The van der Waals surface area contributed by atoms with Gasteiger partial charge in [-0.1, -0.05) is 0 Å². The van der Waals surface area contributed by atoms with Crippen LogP contribution < -0.4 is 9.47 Å². The molecule has 0 aliphatic carbocycles. The number of aldehydes is 1. The molecule has 0 bridgehead atoms. The van der Waals surface area contributed by atoms with Crippen LogP contribution >= 0.6 is 22.6 Å². The van der Waals surface area contributed by atoms with Crippen LogP contribution in [0.4, 0.5) is 13.2 Å². The molecular weight excluding hydrogens is 342 g/mol. The number of pyridine rings is 1. The van der Waals surface area contributed by atoms with E-state index in [9.17, 15) is 18.0 Å². The average Bonchev–Trinajstić information content (AvgIpc) is 2.19. The molecule has 0 saturated carbocycles. The van der Waals surface area contributed by atoms with Crippen molar-refractivity contribution < 1.29 is 27.4 Å². The summed E-state index contributed by atoms with van der Waals surface area (Å²) < 4.78 is 44.6. The molecule has 0 radical (unpaired) electrons. The first-order chi connectivity index (χ1) is 7.39. The van der Waals surface area contributed by atoms with E-state index in [4.69, 9.17) is 0 Å². The van der Waals surface area contributed by atoms with Crippen molar-refractivity contribution in [2.75, 3.05) is 7.11 Å². The Kier molecular flexibility index (Phi) is 3.94. The summed E-state index contributed by atoms with van der Waals surface area (Å²) in [6.45, 7) is 0. The molecule has 0 spiro atoms. The van der Waals surface area contributed by atoms with Crippen molar-refractivity contribution in [3.8, 4) is 11.6 Å². The summed E-state index contributed by atoms with van der Waals surface area (Å²) in [6.07, 6.45) is -3.37. The summed E-state index contributed by atoms with van der Waals surface area (Å²) in [4.78, 5) is 14.1. The molecule has 0 aromatic carbocycles. The number of hydrogen-bond acceptors (Lipinski definition) is 4. The minimum atomic E-state index is -4.86. The third-order valence-electron chi connectivity index (χ3n) is 1.51. The molecule has 0 saturated heterocycles. The number of aromatic nitrogens is 1. The van der Waals surface area contributed by atoms with E-state index >= 15 is 0 Å². The lowest BCUT2D eigenvalue weighted by molar-refractivity contribution is -0.275. The van der Waals surface area contributed by atoms with Gasteiger partial charge >= 0.3 is 6.36 Å². The molecule has 1 aromatic heterocycles. The Hall–Kier alpha value is -1.06. The number of halogens is 4. The van der Waals surface area contributed by atoms with Gasteiger partial charge in [0.05, 0.1) is 16.2 Å². The van der Waals surface area contributed by atoms with Crippen molar-refractivity contribution in [3.05, 3.63) is 15.3 Å². The van der Waals surface area contributed by atoms with Crippen molar-refractivity contribution in [3.63, 3.8) is 0 Å². The fraction of sp³-hybridized carbons (Fsp3) is 0.250. The highest BCUT2D eigenvalue weighted by molar-refractivity contribution is 14.1. The van der Waals surface area contributed by atoms with E-state index in [0.717, 1.165) is 13.3 Å². The zero-order valence-electron chi connectivity index (χ0n) is 7.84. The first kappa shape index (κ1) is 13.0. The second-order valence-electron chi connectivity index (χ2n) is 2.53. The molecule has 8 heteroatoms. The highest BCUT2D eigenvalue weighted by atomic mass is 127. The zero-order chi connectivity index (χ0) is 12.3. The van der Waals surface area contributed by atoms with Crippen LogP contribution in [0, 0.1) is 3.57 Å². The maximum atomic E-state index is 12.1. The van der Waals surface area contributed by atoms with Crippen molar-refractivity contribution in [1.29, 1.82) is 0 Å². The normalized spacial score (nSPS) is 11.1. The molecular formula is C8H5F3INO3. The number of carbonyl (C=O) groups is 1. The summed E-state index contributed by atoms with van der Waals surface area (Å²) in [6, 6.07) is 0. The van der Waals surface area contributed by atoms with Crippen LogP contribution in [0.2, 0.25) is 0 Å². The second kappa shape index (κ2) is 4.85. The fourth-order valence-electron chi connectivity index (χ4n) is 0.900. The lowest BCUT2D eigenvalue weighted by Gasteiger charge is -2.13. The number of nitrogens with zero attached hydrogens (tertiary/aromatic N) is 1. The van der Waals surface area contributed by atoms with Gasteiger partial charge in [-0.3, -0.25) is 4.79 Å².